The lowest BCUT2D eigenvalue weighted by molar-refractivity contribution is 0.529. The average Bonchev–Trinajstić information content (AvgIpc) is 2.71. The van der Waals surface area contributed by atoms with Gasteiger partial charge in [-0.15, -0.1) is 0 Å². The van der Waals surface area contributed by atoms with E-state index in [0.717, 1.165) is 0 Å². The van der Waals surface area contributed by atoms with Gasteiger partial charge in [0.2, 0.25) is 5.88 Å². The summed E-state index contributed by atoms with van der Waals surface area (Å²) < 4.78 is 6.24. The molecule has 0 aliphatic heterocycles. The lowest BCUT2D eigenvalue weighted by Crippen LogP contribution is -2.31. The zero-order chi connectivity index (χ0) is 10.8. The number of hydrogen-bond donors (Lipinski definition) is 2. The quantitative estimate of drug-likeness (QED) is 0.699. The summed E-state index contributed by atoms with van der Waals surface area (Å²) in [6.45, 7) is 0.0658. The van der Waals surface area contributed by atoms with Gasteiger partial charge in [0.1, 0.15) is 0 Å². The molecule has 0 aliphatic rings. The van der Waals surface area contributed by atoms with Gasteiger partial charge in [-0.2, -0.15) is 0 Å². The van der Waals surface area contributed by atoms with Crippen molar-refractivity contribution in [3.63, 3.8) is 0 Å². The second-order valence-electron chi connectivity index (χ2n) is 2.94. The Bertz CT molecular complexity index is 565. The molecule has 0 unspecified atom stereocenters. The monoisotopic (exact) mass is 207 g/mol. The van der Waals surface area contributed by atoms with E-state index in [2.05, 4.69) is 4.98 Å². The Hall–Kier alpha value is -2.08. The summed E-state index contributed by atoms with van der Waals surface area (Å²) in [4.78, 5) is 24.8. The zero-order valence-corrected chi connectivity index (χ0v) is 7.77. The summed E-state index contributed by atoms with van der Waals surface area (Å²) in [7, 11) is 0. The van der Waals surface area contributed by atoms with Gasteiger partial charge < -0.3 is 10.2 Å². The van der Waals surface area contributed by atoms with Crippen LogP contribution in [0.15, 0.2) is 38.6 Å². The Morgan fingerprint density at radius 3 is 2.87 bits per heavy atom. The van der Waals surface area contributed by atoms with Gasteiger partial charge in [-0.3, -0.25) is 9.78 Å². The normalized spacial score (nSPS) is 10.5. The Morgan fingerprint density at radius 1 is 1.47 bits per heavy atom. The highest BCUT2D eigenvalue weighted by Crippen LogP contribution is 2.04. The minimum absolute atomic E-state index is 0.0658. The molecule has 15 heavy (non-hydrogen) atoms. The lowest BCUT2D eigenvalue weighted by Gasteiger charge is -2.02. The number of hydrogen-bond acceptors (Lipinski definition) is 4. The molecule has 78 valence electrons. The first-order valence-electron chi connectivity index (χ1n) is 4.31. The van der Waals surface area contributed by atoms with Crippen molar-refractivity contribution < 1.29 is 4.42 Å². The fourth-order valence-electron chi connectivity index (χ4n) is 1.23. The smallest absolute Gasteiger partial charge is 0.335 e. The molecule has 2 rings (SSSR count). The molecule has 0 saturated carbocycles. The first-order chi connectivity index (χ1) is 7.22. The standard InChI is InChI=1S/C9H9N3O3/c10-4-6-5-12(7-2-1-3-15-7)9(14)11-8(6)13/h1-3,5H,4,10H2,(H,11,13,14). The van der Waals surface area contributed by atoms with Crippen molar-refractivity contribution in [2.75, 3.05) is 0 Å². The van der Waals surface area contributed by atoms with E-state index in [9.17, 15) is 9.59 Å². The summed E-state index contributed by atoms with van der Waals surface area (Å²) >= 11 is 0. The van der Waals surface area contributed by atoms with Crippen molar-refractivity contribution >= 4 is 0 Å². The molecule has 2 aromatic rings. The van der Waals surface area contributed by atoms with Gasteiger partial charge in [0.05, 0.1) is 6.26 Å². The minimum Gasteiger partial charge on any atom is -0.448 e. The van der Waals surface area contributed by atoms with E-state index in [1.807, 2.05) is 0 Å². The molecule has 2 heterocycles. The Balaban J connectivity index is 2.68. The van der Waals surface area contributed by atoms with Gasteiger partial charge in [0.25, 0.3) is 5.56 Å². The highest BCUT2D eigenvalue weighted by atomic mass is 16.3. The van der Waals surface area contributed by atoms with Crippen LogP contribution in [0.25, 0.3) is 5.88 Å². The number of nitrogens with two attached hydrogens (primary N) is 1. The van der Waals surface area contributed by atoms with E-state index in [0.29, 0.717) is 11.4 Å². The van der Waals surface area contributed by atoms with Gasteiger partial charge in [-0.05, 0) is 6.07 Å². The van der Waals surface area contributed by atoms with Crippen LogP contribution in [0, 0.1) is 0 Å². The number of H-pyrrole nitrogens is 1. The molecular formula is C9H9N3O3. The van der Waals surface area contributed by atoms with Gasteiger partial charge in [-0.1, -0.05) is 0 Å². The average molecular weight is 207 g/mol. The van der Waals surface area contributed by atoms with Crippen molar-refractivity contribution in [1.82, 2.24) is 9.55 Å². The van der Waals surface area contributed by atoms with Crippen molar-refractivity contribution in [1.29, 1.82) is 0 Å². The molecule has 0 fully saturated rings. The fraction of sp³-hybridized carbons (Fsp3) is 0.111. The van der Waals surface area contributed by atoms with E-state index in [-0.39, 0.29) is 6.54 Å². The predicted octanol–water partition coefficient (Wildman–Crippen LogP) is -0.423. The SMILES string of the molecule is NCc1cn(-c2ccco2)c(=O)[nH]c1=O. The van der Waals surface area contributed by atoms with E-state index >= 15 is 0 Å². The molecule has 2 aromatic heterocycles. The van der Waals surface area contributed by atoms with Crippen LogP contribution in [0.5, 0.6) is 0 Å². The molecule has 6 heteroatoms. The molecule has 0 saturated heterocycles. The summed E-state index contributed by atoms with van der Waals surface area (Å²) in [6, 6.07) is 3.26. The Labute approximate surface area is 84.0 Å². The van der Waals surface area contributed by atoms with Gasteiger partial charge in [-0.25, -0.2) is 9.36 Å². The fourth-order valence-corrected chi connectivity index (χ4v) is 1.23. The first kappa shape index (κ1) is 9.47. The number of aromatic amines is 1. The lowest BCUT2D eigenvalue weighted by atomic mass is 10.3. The zero-order valence-electron chi connectivity index (χ0n) is 7.77. The van der Waals surface area contributed by atoms with Gasteiger partial charge >= 0.3 is 5.69 Å². The van der Waals surface area contributed by atoms with Crippen molar-refractivity contribution in [2.24, 2.45) is 5.73 Å². The number of furan rings is 1. The van der Waals surface area contributed by atoms with Gasteiger partial charge in [0.15, 0.2) is 0 Å². The van der Waals surface area contributed by atoms with Crippen LogP contribution in [0.3, 0.4) is 0 Å². The van der Waals surface area contributed by atoms with Crippen molar-refractivity contribution in [3.8, 4) is 5.88 Å². The second kappa shape index (κ2) is 3.58. The van der Waals surface area contributed by atoms with Crippen molar-refractivity contribution in [2.45, 2.75) is 6.54 Å². The molecule has 0 aromatic carbocycles. The summed E-state index contributed by atoms with van der Waals surface area (Å²) in [5, 5.41) is 0. The number of rotatable bonds is 2. The van der Waals surface area contributed by atoms with Crippen molar-refractivity contribution in [3.05, 3.63) is 51.0 Å². The third-order valence-corrected chi connectivity index (χ3v) is 1.98. The van der Waals surface area contributed by atoms with E-state index < -0.39 is 11.2 Å². The second-order valence-corrected chi connectivity index (χ2v) is 2.94. The summed E-state index contributed by atoms with van der Waals surface area (Å²) in [6.07, 6.45) is 2.81. The molecule has 3 N–H and O–H groups in total. The van der Waals surface area contributed by atoms with Crippen LogP contribution < -0.4 is 17.0 Å². The molecule has 0 spiro atoms. The van der Waals surface area contributed by atoms with Gasteiger partial charge in [0, 0.05) is 24.4 Å². The maximum absolute atomic E-state index is 11.4. The first-order valence-corrected chi connectivity index (χ1v) is 4.31. The maximum Gasteiger partial charge on any atom is 0.335 e. The van der Waals surface area contributed by atoms with Crippen LogP contribution in [0.2, 0.25) is 0 Å². The molecule has 0 bridgehead atoms. The number of aromatic nitrogens is 2. The molecule has 0 radical (unpaired) electrons. The molecule has 0 amide bonds. The highest BCUT2D eigenvalue weighted by molar-refractivity contribution is 5.19. The highest BCUT2D eigenvalue weighted by Gasteiger charge is 2.06. The van der Waals surface area contributed by atoms with E-state index in [1.54, 1.807) is 12.1 Å². The van der Waals surface area contributed by atoms with Crippen LogP contribution >= 0.6 is 0 Å². The summed E-state index contributed by atoms with van der Waals surface area (Å²) in [5.74, 6) is 0.339. The molecule has 0 atom stereocenters. The Morgan fingerprint density at radius 2 is 2.27 bits per heavy atom. The third kappa shape index (κ3) is 1.62. The predicted molar refractivity (Wildman–Crippen MR) is 52.8 cm³/mol. The number of nitrogens with one attached hydrogen (secondary N) is 1. The van der Waals surface area contributed by atoms with E-state index in [1.165, 1.54) is 17.0 Å². The third-order valence-electron chi connectivity index (χ3n) is 1.98. The molecule has 6 nitrogen and oxygen atoms in total. The largest absolute Gasteiger partial charge is 0.448 e. The number of nitrogens with zero attached hydrogens (tertiary/aromatic N) is 1. The molecular weight excluding hydrogens is 198 g/mol. The molecule has 0 aliphatic carbocycles. The van der Waals surface area contributed by atoms with Crippen LogP contribution in [-0.2, 0) is 6.54 Å². The van der Waals surface area contributed by atoms with Crippen LogP contribution in [0.4, 0.5) is 0 Å². The minimum atomic E-state index is -0.549. The summed E-state index contributed by atoms with van der Waals surface area (Å²) in [5.41, 5.74) is 4.67. The van der Waals surface area contributed by atoms with E-state index in [4.69, 9.17) is 10.2 Å². The van der Waals surface area contributed by atoms with Crippen LogP contribution in [-0.4, -0.2) is 9.55 Å². The maximum atomic E-state index is 11.4. The Kier molecular flexibility index (Phi) is 2.26. The van der Waals surface area contributed by atoms with Crippen LogP contribution in [0.1, 0.15) is 5.56 Å². The topological polar surface area (TPSA) is 94.0 Å².